The number of aromatic nitrogens is 2. The molecule has 2 rings (SSSR count). The first-order chi connectivity index (χ1) is 9.22. The van der Waals surface area contributed by atoms with E-state index >= 15 is 0 Å². The first kappa shape index (κ1) is 13.1. The minimum atomic E-state index is -0.200. The monoisotopic (exact) mass is 259 g/mol. The number of carbonyl (C=O) groups excluding carboxylic acids is 1. The number of aromatic amines is 1. The molecule has 0 saturated heterocycles. The van der Waals surface area contributed by atoms with Crippen molar-refractivity contribution < 1.29 is 9.53 Å². The van der Waals surface area contributed by atoms with Gasteiger partial charge in [0.05, 0.1) is 12.3 Å². The average Bonchev–Trinajstić information content (AvgIpc) is 2.92. The van der Waals surface area contributed by atoms with Crippen LogP contribution >= 0.6 is 0 Å². The van der Waals surface area contributed by atoms with Gasteiger partial charge in [-0.3, -0.25) is 9.89 Å². The number of nitrogens with two attached hydrogens (primary N) is 1. The largest absolute Gasteiger partial charge is 0.466 e. The lowest BCUT2D eigenvalue weighted by atomic mass is 10.0. The molecule has 5 heteroatoms. The Bertz CT molecular complexity index is 550. The van der Waals surface area contributed by atoms with E-state index in [0.29, 0.717) is 25.1 Å². The van der Waals surface area contributed by atoms with Gasteiger partial charge in [-0.15, -0.1) is 0 Å². The summed E-state index contributed by atoms with van der Waals surface area (Å²) in [5, 5.41) is 6.80. The number of anilines is 1. The number of rotatable bonds is 5. The fraction of sp³-hybridized carbons (Fsp3) is 0.286. The van der Waals surface area contributed by atoms with E-state index < -0.39 is 0 Å². The molecule has 1 aromatic heterocycles. The second-order valence-electron chi connectivity index (χ2n) is 4.15. The number of nitrogen functional groups attached to an aromatic ring is 1. The first-order valence-electron chi connectivity index (χ1n) is 6.25. The maximum Gasteiger partial charge on any atom is 0.306 e. The van der Waals surface area contributed by atoms with Crippen LogP contribution in [0.5, 0.6) is 0 Å². The molecule has 0 bridgehead atoms. The molecule has 0 radical (unpaired) electrons. The summed E-state index contributed by atoms with van der Waals surface area (Å²) >= 11 is 0. The predicted octanol–water partition coefficient (Wildman–Crippen LogP) is 2.15. The molecule has 1 heterocycles. The van der Waals surface area contributed by atoms with E-state index in [1.807, 2.05) is 24.3 Å². The molecule has 0 unspecified atom stereocenters. The van der Waals surface area contributed by atoms with Crippen LogP contribution in [-0.4, -0.2) is 22.8 Å². The minimum absolute atomic E-state index is 0.200. The molecule has 0 saturated carbocycles. The molecule has 0 atom stereocenters. The third-order valence-electron chi connectivity index (χ3n) is 2.89. The van der Waals surface area contributed by atoms with Crippen LogP contribution in [0.3, 0.4) is 0 Å². The SMILES string of the molecule is CCOC(=O)CCc1cccc(-c2ccn[nH]2)c1N. The van der Waals surface area contributed by atoms with Crippen LogP contribution in [0.4, 0.5) is 5.69 Å². The van der Waals surface area contributed by atoms with Crippen LogP contribution in [-0.2, 0) is 16.0 Å². The van der Waals surface area contributed by atoms with Gasteiger partial charge < -0.3 is 10.5 Å². The number of carbonyl (C=O) groups is 1. The van der Waals surface area contributed by atoms with Gasteiger partial charge in [0.1, 0.15) is 0 Å². The average molecular weight is 259 g/mol. The normalized spacial score (nSPS) is 10.4. The molecule has 2 aromatic rings. The lowest BCUT2D eigenvalue weighted by Crippen LogP contribution is -2.06. The molecule has 100 valence electrons. The third-order valence-corrected chi connectivity index (χ3v) is 2.89. The van der Waals surface area contributed by atoms with Crippen LogP contribution in [0.15, 0.2) is 30.5 Å². The van der Waals surface area contributed by atoms with E-state index in [9.17, 15) is 4.79 Å². The quantitative estimate of drug-likeness (QED) is 0.637. The molecular weight excluding hydrogens is 242 g/mol. The fourth-order valence-corrected chi connectivity index (χ4v) is 1.94. The number of aryl methyl sites for hydroxylation is 1. The summed E-state index contributed by atoms with van der Waals surface area (Å²) in [6.45, 7) is 2.20. The Kier molecular flexibility index (Phi) is 4.18. The molecule has 3 N–H and O–H groups in total. The predicted molar refractivity (Wildman–Crippen MR) is 73.4 cm³/mol. The number of benzene rings is 1. The molecule has 5 nitrogen and oxygen atoms in total. The van der Waals surface area contributed by atoms with Gasteiger partial charge in [0.15, 0.2) is 0 Å². The minimum Gasteiger partial charge on any atom is -0.466 e. The Morgan fingerprint density at radius 2 is 2.26 bits per heavy atom. The van der Waals surface area contributed by atoms with Crippen LogP contribution in [0.25, 0.3) is 11.3 Å². The third kappa shape index (κ3) is 3.13. The second kappa shape index (κ2) is 6.04. The standard InChI is InChI=1S/C14H17N3O2/c1-2-19-13(18)7-6-10-4-3-5-11(14(10)15)12-8-9-16-17-12/h3-5,8-9H,2,6-7,15H2,1H3,(H,16,17). The molecule has 0 aliphatic carbocycles. The summed E-state index contributed by atoms with van der Waals surface area (Å²) in [5.74, 6) is -0.200. The number of hydrogen-bond donors (Lipinski definition) is 2. The molecular formula is C14H17N3O2. The summed E-state index contributed by atoms with van der Waals surface area (Å²) in [4.78, 5) is 11.4. The molecule has 1 aromatic carbocycles. The van der Waals surface area contributed by atoms with Crippen LogP contribution in [0.1, 0.15) is 18.9 Å². The van der Waals surface area contributed by atoms with Crippen molar-refractivity contribution in [1.82, 2.24) is 10.2 Å². The highest BCUT2D eigenvalue weighted by Gasteiger charge is 2.10. The maximum absolute atomic E-state index is 11.4. The van der Waals surface area contributed by atoms with Gasteiger partial charge in [-0.1, -0.05) is 18.2 Å². The van der Waals surface area contributed by atoms with Gasteiger partial charge in [-0.2, -0.15) is 5.10 Å². The second-order valence-corrected chi connectivity index (χ2v) is 4.15. The summed E-state index contributed by atoms with van der Waals surface area (Å²) in [7, 11) is 0. The van der Waals surface area contributed by atoms with Crippen LogP contribution in [0.2, 0.25) is 0 Å². The molecule has 0 spiro atoms. The number of esters is 1. The Morgan fingerprint density at radius 3 is 2.95 bits per heavy atom. The van der Waals surface area contributed by atoms with Gasteiger partial charge >= 0.3 is 5.97 Å². The van der Waals surface area contributed by atoms with Crippen LogP contribution < -0.4 is 5.73 Å². The Hall–Kier alpha value is -2.30. The molecule has 0 amide bonds. The van der Waals surface area contributed by atoms with Gasteiger partial charge in [0, 0.05) is 23.9 Å². The fourth-order valence-electron chi connectivity index (χ4n) is 1.94. The van der Waals surface area contributed by atoms with Crippen molar-refractivity contribution in [2.45, 2.75) is 19.8 Å². The van der Waals surface area contributed by atoms with Crippen molar-refractivity contribution in [3.63, 3.8) is 0 Å². The van der Waals surface area contributed by atoms with E-state index in [-0.39, 0.29) is 5.97 Å². The molecule has 0 fully saturated rings. The van der Waals surface area contributed by atoms with E-state index in [0.717, 1.165) is 16.8 Å². The Morgan fingerprint density at radius 1 is 1.42 bits per heavy atom. The molecule has 19 heavy (non-hydrogen) atoms. The number of H-pyrrole nitrogens is 1. The van der Waals surface area contributed by atoms with E-state index in [1.165, 1.54) is 0 Å². The smallest absolute Gasteiger partial charge is 0.306 e. The van der Waals surface area contributed by atoms with Gasteiger partial charge in [-0.25, -0.2) is 0 Å². The Labute approximate surface area is 111 Å². The van der Waals surface area contributed by atoms with Crippen LogP contribution in [0, 0.1) is 0 Å². The summed E-state index contributed by atoms with van der Waals surface area (Å²) in [6.07, 6.45) is 2.59. The lowest BCUT2D eigenvalue weighted by Gasteiger charge is -2.09. The zero-order valence-electron chi connectivity index (χ0n) is 10.8. The van der Waals surface area contributed by atoms with Crippen molar-refractivity contribution in [1.29, 1.82) is 0 Å². The zero-order chi connectivity index (χ0) is 13.7. The number of ether oxygens (including phenoxy) is 1. The highest BCUT2D eigenvalue weighted by molar-refractivity contribution is 5.77. The molecule has 0 aliphatic rings. The van der Waals surface area contributed by atoms with Gasteiger partial charge in [-0.05, 0) is 25.0 Å². The topological polar surface area (TPSA) is 81.0 Å². The zero-order valence-corrected chi connectivity index (χ0v) is 10.8. The van der Waals surface area contributed by atoms with E-state index in [4.69, 9.17) is 10.5 Å². The summed E-state index contributed by atoms with van der Waals surface area (Å²) in [5.41, 5.74) is 9.53. The van der Waals surface area contributed by atoms with Gasteiger partial charge in [0.25, 0.3) is 0 Å². The number of para-hydroxylation sites is 1. The first-order valence-corrected chi connectivity index (χ1v) is 6.25. The van der Waals surface area contributed by atoms with Crippen molar-refractivity contribution >= 4 is 11.7 Å². The summed E-state index contributed by atoms with van der Waals surface area (Å²) < 4.78 is 4.91. The molecule has 0 aliphatic heterocycles. The van der Waals surface area contributed by atoms with E-state index in [1.54, 1.807) is 13.1 Å². The number of nitrogens with one attached hydrogen (secondary N) is 1. The van der Waals surface area contributed by atoms with E-state index in [2.05, 4.69) is 10.2 Å². The van der Waals surface area contributed by atoms with Gasteiger partial charge in [0.2, 0.25) is 0 Å². The number of hydrogen-bond acceptors (Lipinski definition) is 4. The van der Waals surface area contributed by atoms with Crippen molar-refractivity contribution in [2.24, 2.45) is 0 Å². The highest BCUT2D eigenvalue weighted by atomic mass is 16.5. The highest BCUT2D eigenvalue weighted by Crippen LogP contribution is 2.27. The summed E-state index contributed by atoms with van der Waals surface area (Å²) in [6, 6.07) is 7.64. The van der Waals surface area contributed by atoms with Crippen molar-refractivity contribution in [3.8, 4) is 11.3 Å². The lowest BCUT2D eigenvalue weighted by molar-refractivity contribution is -0.143. The maximum atomic E-state index is 11.4. The number of nitrogens with zero attached hydrogens (tertiary/aromatic N) is 1. The Balaban J connectivity index is 2.14. The van der Waals surface area contributed by atoms with Crippen molar-refractivity contribution in [3.05, 3.63) is 36.0 Å². The van der Waals surface area contributed by atoms with Crippen molar-refractivity contribution in [2.75, 3.05) is 12.3 Å².